The number of fused-ring (bicyclic) bond motifs is 1. The molecule has 0 fully saturated rings. The monoisotopic (exact) mass is 338 g/mol. The van der Waals surface area contributed by atoms with E-state index in [4.69, 9.17) is 0 Å². The average molecular weight is 338 g/mol. The molecule has 0 saturated carbocycles. The van der Waals surface area contributed by atoms with Gasteiger partial charge in [-0.3, -0.25) is 0 Å². The van der Waals surface area contributed by atoms with Gasteiger partial charge in [-0.1, -0.05) is 30.3 Å². The third-order valence-corrected chi connectivity index (χ3v) is 4.25. The third-order valence-electron chi connectivity index (χ3n) is 4.25. The molecule has 2 aromatic carbocycles. The van der Waals surface area contributed by atoms with Gasteiger partial charge in [-0.25, -0.2) is 4.98 Å². The second-order valence-corrected chi connectivity index (χ2v) is 6.70. The van der Waals surface area contributed by atoms with Gasteiger partial charge in [0.25, 0.3) is 0 Å². The third kappa shape index (κ3) is 3.94. The maximum Gasteiger partial charge on any atom is 0.112 e. The summed E-state index contributed by atoms with van der Waals surface area (Å²) in [5.74, 6) is 0. The molecule has 0 aliphatic rings. The zero-order valence-electron chi connectivity index (χ0n) is 15.0. The van der Waals surface area contributed by atoms with Crippen molar-refractivity contribution in [2.45, 2.75) is 39.4 Å². The molecule has 3 aromatic rings. The average Bonchev–Trinajstić information content (AvgIpc) is 3.04. The second-order valence-electron chi connectivity index (χ2n) is 6.70. The highest BCUT2D eigenvalue weighted by atomic mass is 16.3. The van der Waals surface area contributed by atoms with E-state index in [1.165, 1.54) is 5.56 Å². The largest absolute Gasteiger partial charge is 0.394 e. The van der Waals surface area contributed by atoms with Crippen LogP contribution in [0.3, 0.4) is 0 Å². The molecule has 3 N–H and O–H groups in total. The standard InChI is InChI=1S/C20H26N4O/c1-14(2)24-13-22-20-18(21-11-16-7-5-4-6-8-16)9-17(10-19(20)24)23-15(3)12-25/h4-10,13-15,21,23,25H,11-12H2,1-3H3/t15-/m1/s1. The molecule has 5 nitrogen and oxygen atoms in total. The maximum absolute atomic E-state index is 9.34. The summed E-state index contributed by atoms with van der Waals surface area (Å²) in [5.41, 5.74) is 5.24. The van der Waals surface area contributed by atoms with E-state index in [0.717, 1.165) is 29.0 Å². The number of rotatable bonds is 7. The molecule has 25 heavy (non-hydrogen) atoms. The molecule has 0 saturated heterocycles. The number of aliphatic hydroxyl groups excluding tert-OH is 1. The molecule has 3 rings (SSSR count). The Labute approximate surface area is 148 Å². The summed E-state index contributed by atoms with van der Waals surface area (Å²) >= 11 is 0. The number of nitrogens with zero attached hydrogens (tertiary/aromatic N) is 2. The van der Waals surface area contributed by atoms with Crippen molar-refractivity contribution in [2.75, 3.05) is 17.2 Å². The van der Waals surface area contributed by atoms with Gasteiger partial charge in [-0.05, 0) is 38.5 Å². The van der Waals surface area contributed by atoms with E-state index in [-0.39, 0.29) is 12.6 Å². The summed E-state index contributed by atoms with van der Waals surface area (Å²) in [4.78, 5) is 4.62. The number of nitrogens with one attached hydrogen (secondary N) is 2. The molecular weight excluding hydrogens is 312 g/mol. The van der Waals surface area contributed by atoms with Crippen molar-refractivity contribution in [1.82, 2.24) is 9.55 Å². The normalized spacial score (nSPS) is 12.5. The molecule has 5 heteroatoms. The summed E-state index contributed by atoms with van der Waals surface area (Å²) in [6.07, 6.45) is 1.89. The van der Waals surface area contributed by atoms with E-state index in [9.17, 15) is 5.11 Å². The zero-order valence-corrected chi connectivity index (χ0v) is 15.0. The van der Waals surface area contributed by atoms with Gasteiger partial charge >= 0.3 is 0 Å². The van der Waals surface area contributed by atoms with Crippen LogP contribution in [0.25, 0.3) is 11.0 Å². The van der Waals surface area contributed by atoms with Crippen molar-refractivity contribution in [1.29, 1.82) is 0 Å². The van der Waals surface area contributed by atoms with Crippen LogP contribution in [-0.2, 0) is 6.54 Å². The minimum atomic E-state index is -0.00477. The number of aromatic nitrogens is 2. The second kappa shape index (κ2) is 7.57. The number of hydrogen-bond acceptors (Lipinski definition) is 4. The summed E-state index contributed by atoms with van der Waals surface area (Å²) in [5, 5.41) is 16.2. The van der Waals surface area contributed by atoms with Crippen LogP contribution in [-0.4, -0.2) is 27.3 Å². The quantitative estimate of drug-likeness (QED) is 0.609. The first-order valence-corrected chi connectivity index (χ1v) is 8.74. The summed E-state index contributed by atoms with van der Waals surface area (Å²) in [6.45, 7) is 7.09. The van der Waals surface area contributed by atoms with Gasteiger partial charge < -0.3 is 20.3 Å². The van der Waals surface area contributed by atoms with Crippen LogP contribution >= 0.6 is 0 Å². The Hall–Kier alpha value is -2.53. The molecule has 0 amide bonds. The van der Waals surface area contributed by atoms with Gasteiger partial charge in [0.2, 0.25) is 0 Å². The first-order valence-electron chi connectivity index (χ1n) is 8.74. The van der Waals surface area contributed by atoms with Crippen molar-refractivity contribution in [3.05, 3.63) is 54.4 Å². The lowest BCUT2D eigenvalue weighted by atomic mass is 10.2. The minimum absolute atomic E-state index is 0.00477. The van der Waals surface area contributed by atoms with Gasteiger partial charge in [-0.15, -0.1) is 0 Å². The van der Waals surface area contributed by atoms with Crippen LogP contribution < -0.4 is 10.6 Å². The Morgan fingerprint density at radius 2 is 1.88 bits per heavy atom. The molecule has 0 spiro atoms. The highest BCUT2D eigenvalue weighted by Gasteiger charge is 2.12. The first-order chi connectivity index (χ1) is 12.1. The first kappa shape index (κ1) is 17.3. The van der Waals surface area contributed by atoms with E-state index in [1.54, 1.807) is 0 Å². The van der Waals surface area contributed by atoms with Gasteiger partial charge in [-0.2, -0.15) is 0 Å². The van der Waals surface area contributed by atoms with E-state index in [2.05, 4.69) is 58.3 Å². The van der Waals surface area contributed by atoms with Crippen LogP contribution in [0.15, 0.2) is 48.8 Å². The molecule has 1 heterocycles. The number of imidazole rings is 1. The number of aliphatic hydroxyl groups is 1. The van der Waals surface area contributed by atoms with Crippen molar-refractivity contribution >= 4 is 22.4 Å². The van der Waals surface area contributed by atoms with Crippen LogP contribution in [0, 0.1) is 0 Å². The fourth-order valence-corrected chi connectivity index (χ4v) is 2.89. The number of benzene rings is 2. The van der Waals surface area contributed by atoms with Crippen LogP contribution in [0.4, 0.5) is 11.4 Å². The molecule has 0 radical (unpaired) electrons. The molecule has 0 aliphatic heterocycles. The molecule has 132 valence electrons. The van der Waals surface area contributed by atoms with Crippen LogP contribution in [0.2, 0.25) is 0 Å². The Balaban J connectivity index is 1.96. The molecule has 1 atom stereocenters. The van der Waals surface area contributed by atoms with Crippen LogP contribution in [0.1, 0.15) is 32.4 Å². The van der Waals surface area contributed by atoms with Crippen molar-refractivity contribution < 1.29 is 5.11 Å². The van der Waals surface area contributed by atoms with E-state index in [1.807, 2.05) is 31.5 Å². The molecule has 0 unspecified atom stereocenters. The van der Waals surface area contributed by atoms with Crippen molar-refractivity contribution in [2.24, 2.45) is 0 Å². The fraction of sp³-hybridized carbons (Fsp3) is 0.350. The predicted molar refractivity (Wildman–Crippen MR) is 104 cm³/mol. The lowest BCUT2D eigenvalue weighted by molar-refractivity contribution is 0.281. The SMILES string of the molecule is CC(C)n1cnc2c(NCc3ccccc3)cc(N[C@H](C)CO)cc21. The van der Waals surface area contributed by atoms with E-state index < -0.39 is 0 Å². The Kier molecular flexibility index (Phi) is 5.24. The van der Waals surface area contributed by atoms with Gasteiger partial charge in [0.15, 0.2) is 0 Å². The van der Waals surface area contributed by atoms with Gasteiger partial charge in [0.05, 0.1) is 24.1 Å². The van der Waals surface area contributed by atoms with Gasteiger partial charge in [0, 0.05) is 24.3 Å². The Bertz CT molecular complexity index is 826. The van der Waals surface area contributed by atoms with E-state index in [0.29, 0.717) is 6.04 Å². The van der Waals surface area contributed by atoms with Crippen molar-refractivity contribution in [3.8, 4) is 0 Å². The van der Waals surface area contributed by atoms with Gasteiger partial charge in [0.1, 0.15) is 5.52 Å². The fourth-order valence-electron chi connectivity index (χ4n) is 2.89. The highest BCUT2D eigenvalue weighted by Crippen LogP contribution is 2.29. The van der Waals surface area contributed by atoms with Crippen LogP contribution in [0.5, 0.6) is 0 Å². The maximum atomic E-state index is 9.34. The lowest BCUT2D eigenvalue weighted by Gasteiger charge is -2.16. The topological polar surface area (TPSA) is 62.1 Å². The summed E-state index contributed by atoms with van der Waals surface area (Å²) in [6, 6.07) is 14.8. The Morgan fingerprint density at radius 1 is 1.12 bits per heavy atom. The molecule has 0 bridgehead atoms. The summed E-state index contributed by atoms with van der Waals surface area (Å²) in [7, 11) is 0. The number of hydrogen-bond donors (Lipinski definition) is 3. The predicted octanol–water partition coefficient (Wildman–Crippen LogP) is 4.02. The molecule has 0 aliphatic carbocycles. The zero-order chi connectivity index (χ0) is 17.8. The lowest BCUT2D eigenvalue weighted by Crippen LogP contribution is -2.19. The number of anilines is 2. The highest BCUT2D eigenvalue weighted by molar-refractivity contribution is 5.92. The molecular formula is C20H26N4O. The smallest absolute Gasteiger partial charge is 0.112 e. The summed E-state index contributed by atoms with van der Waals surface area (Å²) < 4.78 is 2.16. The van der Waals surface area contributed by atoms with Crippen molar-refractivity contribution in [3.63, 3.8) is 0 Å². The molecule has 1 aromatic heterocycles. The minimum Gasteiger partial charge on any atom is -0.394 e. The Morgan fingerprint density at radius 3 is 2.56 bits per heavy atom. The van der Waals surface area contributed by atoms with E-state index >= 15 is 0 Å².